The third-order valence-corrected chi connectivity index (χ3v) is 5.09. The number of aromatic hydroxyl groups is 1. The summed E-state index contributed by atoms with van der Waals surface area (Å²) in [4.78, 5) is 12.9. The minimum Gasteiger partial charge on any atom is -0.493 e. The van der Waals surface area contributed by atoms with Crippen molar-refractivity contribution < 1.29 is 5.11 Å². The van der Waals surface area contributed by atoms with Gasteiger partial charge in [0.05, 0.1) is 0 Å². The molecule has 4 rings (SSSR count). The molecule has 128 valence electrons. The summed E-state index contributed by atoms with van der Waals surface area (Å²) in [6, 6.07) is 14.4. The topological polar surface area (TPSA) is 47.2 Å². The molecule has 0 unspecified atom stereocenters. The van der Waals surface area contributed by atoms with Crippen LogP contribution in [-0.2, 0) is 13.1 Å². The van der Waals surface area contributed by atoms with Gasteiger partial charge in [0.2, 0.25) is 5.88 Å². The Morgan fingerprint density at radius 1 is 0.880 bits per heavy atom. The first kappa shape index (κ1) is 15.8. The zero-order chi connectivity index (χ0) is 17.6. The predicted molar refractivity (Wildman–Crippen MR) is 99.9 cm³/mol. The second-order valence-corrected chi connectivity index (χ2v) is 6.85. The van der Waals surface area contributed by atoms with Crippen LogP contribution in [0.15, 0.2) is 47.3 Å². The van der Waals surface area contributed by atoms with Crippen LogP contribution >= 0.6 is 0 Å². The molecule has 0 saturated carbocycles. The summed E-state index contributed by atoms with van der Waals surface area (Å²) in [7, 11) is 0. The first-order valence-electron chi connectivity index (χ1n) is 8.77. The minimum absolute atomic E-state index is 0.0915. The van der Waals surface area contributed by atoms with E-state index in [-0.39, 0.29) is 11.4 Å². The van der Waals surface area contributed by atoms with Gasteiger partial charge in [-0.3, -0.25) is 9.48 Å². The van der Waals surface area contributed by atoms with E-state index < -0.39 is 0 Å². The third kappa shape index (κ3) is 2.58. The summed E-state index contributed by atoms with van der Waals surface area (Å²) in [5, 5.41) is 10.7. The van der Waals surface area contributed by atoms with Gasteiger partial charge in [-0.2, -0.15) is 0 Å². The smallest absolute Gasteiger partial charge is 0.278 e. The van der Waals surface area contributed by atoms with E-state index in [0.29, 0.717) is 18.7 Å². The van der Waals surface area contributed by atoms with Crippen LogP contribution in [0.1, 0.15) is 24.0 Å². The van der Waals surface area contributed by atoms with E-state index in [0.717, 1.165) is 35.1 Å². The average Bonchev–Trinajstić information content (AvgIpc) is 2.88. The number of fused-ring (bicyclic) bond motifs is 1. The molecule has 4 nitrogen and oxygen atoms in total. The Hall–Kier alpha value is -2.75. The van der Waals surface area contributed by atoms with E-state index in [4.69, 9.17) is 0 Å². The molecule has 4 heteroatoms. The number of aryl methyl sites for hydroxylation is 2. The average molecular weight is 334 g/mol. The molecule has 0 saturated heterocycles. The third-order valence-electron chi connectivity index (χ3n) is 5.09. The number of rotatable bonds is 2. The lowest BCUT2D eigenvalue weighted by Gasteiger charge is -2.16. The Morgan fingerprint density at radius 2 is 1.52 bits per heavy atom. The summed E-state index contributed by atoms with van der Waals surface area (Å²) in [6.45, 7) is 5.41. The summed E-state index contributed by atoms with van der Waals surface area (Å²) < 4.78 is 3.39. The molecule has 0 radical (unpaired) electrons. The summed E-state index contributed by atoms with van der Waals surface area (Å²) in [5.41, 5.74) is 5.51. The molecular weight excluding hydrogens is 312 g/mol. The molecule has 0 atom stereocenters. The molecule has 1 aromatic heterocycles. The lowest BCUT2D eigenvalue weighted by Crippen LogP contribution is -2.27. The van der Waals surface area contributed by atoms with Crippen LogP contribution in [0.4, 0.5) is 0 Å². The van der Waals surface area contributed by atoms with Crippen molar-refractivity contribution >= 4 is 0 Å². The molecule has 0 bridgehead atoms. The monoisotopic (exact) mass is 334 g/mol. The summed E-state index contributed by atoms with van der Waals surface area (Å²) in [6.07, 6.45) is 1.97. The molecule has 1 aliphatic heterocycles. The molecule has 0 aliphatic carbocycles. The molecule has 0 spiro atoms. The largest absolute Gasteiger partial charge is 0.493 e. The molecule has 25 heavy (non-hydrogen) atoms. The Labute approximate surface area is 147 Å². The highest BCUT2D eigenvalue weighted by Crippen LogP contribution is 2.33. The maximum atomic E-state index is 12.9. The van der Waals surface area contributed by atoms with Gasteiger partial charge in [0.1, 0.15) is 5.56 Å². The summed E-state index contributed by atoms with van der Waals surface area (Å²) in [5.74, 6) is 0.0915. The van der Waals surface area contributed by atoms with E-state index >= 15 is 0 Å². The van der Waals surface area contributed by atoms with Crippen molar-refractivity contribution in [2.24, 2.45) is 0 Å². The fraction of sp³-hybridized carbons (Fsp3) is 0.286. The van der Waals surface area contributed by atoms with Gasteiger partial charge in [-0.15, -0.1) is 0 Å². The van der Waals surface area contributed by atoms with Gasteiger partial charge in [0, 0.05) is 13.1 Å². The molecule has 2 heterocycles. The van der Waals surface area contributed by atoms with Gasteiger partial charge >= 0.3 is 0 Å². The van der Waals surface area contributed by atoms with Crippen LogP contribution in [0.25, 0.3) is 22.3 Å². The maximum absolute atomic E-state index is 12.9. The van der Waals surface area contributed by atoms with E-state index in [2.05, 4.69) is 37.3 Å². The molecule has 1 N–H and O–H groups in total. The first-order chi connectivity index (χ1) is 12.1. The molecule has 0 amide bonds. The lowest BCUT2D eigenvalue weighted by molar-refractivity contribution is 0.305. The van der Waals surface area contributed by atoms with Crippen LogP contribution in [0.3, 0.4) is 0 Å². The number of aromatic nitrogens is 2. The van der Waals surface area contributed by atoms with Crippen molar-refractivity contribution in [3.63, 3.8) is 0 Å². The van der Waals surface area contributed by atoms with Crippen LogP contribution < -0.4 is 5.56 Å². The molecule has 1 aliphatic rings. The highest BCUT2D eigenvalue weighted by atomic mass is 16.3. The van der Waals surface area contributed by atoms with E-state index in [1.54, 1.807) is 9.36 Å². The molecular formula is C21H22N2O2. The number of hydrogen-bond acceptors (Lipinski definition) is 2. The van der Waals surface area contributed by atoms with Crippen molar-refractivity contribution in [2.75, 3.05) is 0 Å². The van der Waals surface area contributed by atoms with Crippen molar-refractivity contribution in [3.05, 3.63) is 63.9 Å². The van der Waals surface area contributed by atoms with Gasteiger partial charge in [-0.05, 0) is 55.0 Å². The molecule has 3 aromatic rings. The molecule has 2 aromatic carbocycles. The number of hydrogen-bond donors (Lipinski definition) is 1. The Bertz CT molecular complexity index is 994. The SMILES string of the molecule is Cc1ccc(-c2ccc(C)c(-c3c(O)n4n(c3=O)CCCC4)c2)cc1. The fourth-order valence-electron chi connectivity index (χ4n) is 3.60. The van der Waals surface area contributed by atoms with E-state index in [1.807, 2.05) is 19.1 Å². The normalized spacial score (nSPS) is 13.7. The van der Waals surface area contributed by atoms with Crippen molar-refractivity contribution in [1.29, 1.82) is 0 Å². The Balaban J connectivity index is 1.89. The van der Waals surface area contributed by atoms with Gasteiger partial charge in [-0.1, -0.05) is 42.0 Å². The van der Waals surface area contributed by atoms with E-state index in [9.17, 15) is 9.90 Å². The lowest BCUT2D eigenvalue weighted by atomic mass is 9.96. The zero-order valence-electron chi connectivity index (χ0n) is 14.6. The zero-order valence-corrected chi connectivity index (χ0v) is 14.6. The minimum atomic E-state index is -0.0960. The van der Waals surface area contributed by atoms with Crippen molar-refractivity contribution in [2.45, 2.75) is 39.8 Å². The van der Waals surface area contributed by atoms with Crippen LogP contribution in [0, 0.1) is 13.8 Å². The Morgan fingerprint density at radius 3 is 2.20 bits per heavy atom. The Kier molecular flexibility index (Phi) is 3.75. The number of benzene rings is 2. The van der Waals surface area contributed by atoms with Crippen LogP contribution in [0.5, 0.6) is 5.88 Å². The standard InChI is InChI=1S/C21H22N2O2/c1-14-5-8-16(9-6-14)17-10-7-15(2)18(13-17)19-20(24)22-11-3-4-12-23(22)21(19)25/h5-10,13,24H,3-4,11-12H2,1-2H3. The van der Waals surface area contributed by atoms with Gasteiger partial charge in [0.25, 0.3) is 5.56 Å². The van der Waals surface area contributed by atoms with Crippen LogP contribution in [-0.4, -0.2) is 14.5 Å². The summed E-state index contributed by atoms with van der Waals surface area (Å²) >= 11 is 0. The number of nitrogens with zero attached hydrogens (tertiary/aromatic N) is 2. The highest BCUT2D eigenvalue weighted by molar-refractivity contribution is 5.77. The van der Waals surface area contributed by atoms with Gasteiger partial charge in [0.15, 0.2) is 0 Å². The second-order valence-electron chi connectivity index (χ2n) is 6.85. The van der Waals surface area contributed by atoms with Crippen molar-refractivity contribution in [3.8, 4) is 28.1 Å². The molecule has 0 fully saturated rings. The van der Waals surface area contributed by atoms with Gasteiger partial charge in [-0.25, -0.2) is 4.68 Å². The van der Waals surface area contributed by atoms with Gasteiger partial charge < -0.3 is 5.11 Å². The van der Waals surface area contributed by atoms with E-state index in [1.165, 1.54) is 5.56 Å². The van der Waals surface area contributed by atoms with Crippen molar-refractivity contribution in [1.82, 2.24) is 9.36 Å². The highest BCUT2D eigenvalue weighted by Gasteiger charge is 2.24. The second kappa shape index (κ2) is 5.96. The fourth-order valence-corrected chi connectivity index (χ4v) is 3.60. The van der Waals surface area contributed by atoms with Crippen LogP contribution in [0.2, 0.25) is 0 Å². The predicted octanol–water partition coefficient (Wildman–Crippen LogP) is 4.10. The first-order valence-corrected chi connectivity index (χ1v) is 8.77. The maximum Gasteiger partial charge on any atom is 0.278 e. The quantitative estimate of drug-likeness (QED) is 0.767.